The van der Waals surface area contributed by atoms with Crippen LogP contribution in [-0.4, -0.2) is 17.1 Å². The van der Waals surface area contributed by atoms with Crippen molar-refractivity contribution in [3.8, 4) is 0 Å². The number of carbonyl (C=O) groups is 1. The van der Waals surface area contributed by atoms with Crippen molar-refractivity contribution in [1.29, 1.82) is 0 Å². The number of hydrogen-bond donors (Lipinski definition) is 2. The SMILES string of the molecule is C=CCC(Nc1ccc(Br)cc1C(F)(F)F)C(=O)O. The van der Waals surface area contributed by atoms with Crippen LogP contribution in [0.15, 0.2) is 35.3 Å². The van der Waals surface area contributed by atoms with Gasteiger partial charge in [-0.25, -0.2) is 4.79 Å². The Balaban J connectivity index is 3.12. The summed E-state index contributed by atoms with van der Waals surface area (Å²) in [6, 6.07) is 2.34. The van der Waals surface area contributed by atoms with E-state index < -0.39 is 23.8 Å². The van der Waals surface area contributed by atoms with E-state index in [0.717, 1.165) is 6.07 Å². The summed E-state index contributed by atoms with van der Waals surface area (Å²) in [5, 5.41) is 11.3. The van der Waals surface area contributed by atoms with Gasteiger partial charge in [0.05, 0.1) is 5.56 Å². The van der Waals surface area contributed by atoms with Crippen molar-refractivity contribution in [1.82, 2.24) is 0 Å². The van der Waals surface area contributed by atoms with Gasteiger partial charge < -0.3 is 10.4 Å². The molecule has 0 bridgehead atoms. The number of halogens is 4. The Hall–Kier alpha value is -1.50. The highest BCUT2D eigenvalue weighted by Crippen LogP contribution is 2.36. The number of benzene rings is 1. The van der Waals surface area contributed by atoms with Gasteiger partial charge in [0.15, 0.2) is 0 Å². The minimum absolute atomic E-state index is 0.0166. The van der Waals surface area contributed by atoms with Crippen LogP contribution in [0.25, 0.3) is 0 Å². The molecule has 7 heteroatoms. The lowest BCUT2D eigenvalue weighted by atomic mass is 10.1. The summed E-state index contributed by atoms with van der Waals surface area (Å²) >= 11 is 2.95. The van der Waals surface area contributed by atoms with E-state index in [-0.39, 0.29) is 16.6 Å². The van der Waals surface area contributed by atoms with Crippen LogP contribution in [0.2, 0.25) is 0 Å². The molecule has 0 aliphatic carbocycles. The summed E-state index contributed by atoms with van der Waals surface area (Å²) in [5.74, 6) is -1.24. The molecule has 0 saturated carbocycles. The second kappa shape index (κ2) is 6.10. The van der Waals surface area contributed by atoms with Gasteiger partial charge in [-0.15, -0.1) is 6.58 Å². The van der Waals surface area contributed by atoms with Gasteiger partial charge in [0.25, 0.3) is 0 Å². The van der Waals surface area contributed by atoms with Crippen molar-refractivity contribution >= 4 is 27.6 Å². The molecule has 0 heterocycles. The Morgan fingerprint density at radius 3 is 2.63 bits per heavy atom. The summed E-state index contributed by atoms with van der Waals surface area (Å²) < 4.78 is 38.8. The predicted molar refractivity (Wildman–Crippen MR) is 69.0 cm³/mol. The van der Waals surface area contributed by atoms with Gasteiger partial charge in [-0.05, 0) is 24.6 Å². The Kier molecular flexibility index (Phi) is 4.99. The maximum atomic E-state index is 12.8. The molecule has 1 rings (SSSR count). The second-order valence-corrected chi connectivity index (χ2v) is 4.66. The summed E-state index contributed by atoms with van der Waals surface area (Å²) in [6.07, 6.45) is -3.22. The van der Waals surface area contributed by atoms with Crippen LogP contribution < -0.4 is 5.32 Å². The average Bonchev–Trinajstić information content (AvgIpc) is 2.29. The van der Waals surface area contributed by atoms with Crippen LogP contribution in [0, 0.1) is 0 Å². The van der Waals surface area contributed by atoms with Gasteiger partial charge in [0, 0.05) is 10.2 Å². The van der Waals surface area contributed by atoms with Crippen LogP contribution in [0.4, 0.5) is 18.9 Å². The number of alkyl halides is 3. The minimum Gasteiger partial charge on any atom is -0.480 e. The molecule has 0 aromatic heterocycles. The Labute approximate surface area is 116 Å². The molecular formula is C12H11BrF3NO2. The molecule has 1 aromatic rings. The number of hydrogen-bond acceptors (Lipinski definition) is 2. The van der Waals surface area contributed by atoms with Crippen LogP contribution in [0.3, 0.4) is 0 Å². The molecule has 1 unspecified atom stereocenters. The van der Waals surface area contributed by atoms with Crippen molar-refractivity contribution in [2.75, 3.05) is 5.32 Å². The fraction of sp³-hybridized carbons (Fsp3) is 0.250. The number of carboxylic acid groups (broad SMARTS) is 1. The highest BCUT2D eigenvalue weighted by Gasteiger charge is 2.34. The van der Waals surface area contributed by atoms with Crippen LogP contribution >= 0.6 is 15.9 Å². The average molecular weight is 338 g/mol. The maximum absolute atomic E-state index is 12.8. The van der Waals surface area contributed by atoms with Crippen molar-refractivity contribution < 1.29 is 23.1 Å². The summed E-state index contributed by atoms with van der Waals surface area (Å²) in [6.45, 7) is 3.38. The van der Waals surface area contributed by atoms with Gasteiger partial charge in [-0.1, -0.05) is 22.0 Å². The zero-order chi connectivity index (χ0) is 14.6. The minimum atomic E-state index is -4.57. The van der Waals surface area contributed by atoms with Crippen LogP contribution in [-0.2, 0) is 11.0 Å². The summed E-state index contributed by atoms with van der Waals surface area (Å²) in [5.41, 5.74) is -1.19. The molecule has 1 atom stereocenters. The summed E-state index contributed by atoms with van der Waals surface area (Å²) in [4.78, 5) is 10.9. The molecule has 0 aliphatic heterocycles. The van der Waals surface area contributed by atoms with E-state index in [1.54, 1.807) is 0 Å². The molecule has 1 aromatic carbocycles. The summed E-state index contributed by atoms with van der Waals surface area (Å²) in [7, 11) is 0. The first-order chi connectivity index (χ1) is 8.75. The van der Waals surface area contributed by atoms with E-state index in [4.69, 9.17) is 5.11 Å². The number of nitrogens with one attached hydrogen (secondary N) is 1. The van der Waals surface area contributed by atoms with E-state index in [0.29, 0.717) is 0 Å². The molecule has 104 valence electrons. The standard InChI is InChI=1S/C12H11BrF3NO2/c1-2-3-10(11(18)19)17-9-5-4-7(13)6-8(9)12(14,15)16/h2,4-6,10,17H,1,3H2,(H,18,19). The van der Waals surface area contributed by atoms with Crippen molar-refractivity contribution in [3.63, 3.8) is 0 Å². The topological polar surface area (TPSA) is 49.3 Å². The van der Waals surface area contributed by atoms with Gasteiger partial charge in [-0.3, -0.25) is 0 Å². The molecule has 2 N–H and O–H groups in total. The molecule has 0 aliphatic rings. The number of anilines is 1. The Bertz CT molecular complexity index is 488. The lowest BCUT2D eigenvalue weighted by Crippen LogP contribution is -2.29. The quantitative estimate of drug-likeness (QED) is 0.801. The van der Waals surface area contributed by atoms with Gasteiger partial charge >= 0.3 is 12.1 Å². The molecule has 0 saturated heterocycles. The highest BCUT2D eigenvalue weighted by atomic mass is 79.9. The molecular weight excluding hydrogens is 327 g/mol. The number of aliphatic carboxylic acids is 1. The molecule has 0 amide bonds. The fourth-order valence-electron chi connectivity index (χ4n) is 1.45. The number of carboxylic acids is 1. The third-order valence-corrected chi connectivity index (χ3v) is 2.81. The zero-order valence-corrected chi connectivity index (χ0v) is 11.3. The van der Waals surface area contributed by atoms with E-state index >= 15 is 0 Å². The first kappa shape index (κ1) is 15.6. The molecule has 0 fully saturated rings. The van der Waals surface area contributed by atoms with Crippen LogP contribution in [0.1, 0.15) is 12.0 Å². The van der Waals surface area contributed by atoms with Crippen molar-refractivity contribution in [2.24, 2.45) is 0 Å². The van der Waals surface area contributed by atoms with E-state index in [1.165, 1.54) is 18.2 Å². The van der Waals surface area contributed by atoms with E-state index in [1.807, 2.05) is 0 Å². The van der Waals surface area contributed by atoms with Gasteiger partial charge in [0.2, 0.25) is 0 Å². The fourth-order valence-corrected chi connectivity index (χ4v) is 1.81. The lowest BCUT2D eigenvalue weighted by Gasteiger charge is -2.18. The van der Waals surface area contributed by atoms with E-state index in [2.05, 4.69) is 27.8 Å². The Morgan fingerprint density at radius 2 is 2.16 bits per heavy atom. The second-order valence-electron chi connectivity index (χ2n) is 3.75. The predicted octanol–water partition coefficient (Wildman–Crippen LogP) is 3.91. The first-order valence-corrected chi connectivity index (χ1v) is 6.02. The maximum Gasteiger partial charge on any atom is 0.418 e. The normalized spacial score (nSPS) is 12.8. The van der Waals surface area contributed by atoms with Crippen molar-refractivity contribution in [3.05, 3.63) is 40.9 Å². The van der Waals surface area contributed by atoms with Gasteiger partial charge in [0.1, 0.15) is 6.04 Å². The Morgan fingerprint density at radius 1 is 1.53 bits per heavy atom. The lowest BCUT2D eigenvalue weighted by molar-refractivity contribution is -0.139. The monoisotopic (exact) mass is 337 g/mol. The third-order valence-electron chi connectivity index (χ3n) is 2.32. The largest absolute Gasteiger partial charge is 0.480 e. The molecule has 0 spiro atoms. The third kappa shape index (κ3) is 4.27. The molecule has 0 radical (unpaired) electrons. The van der Waals surface area contributed by atoms with E-state index in [9.17, 15) is 18.0 Å². The number of rotatable bonds is 5. The highest BCUT2D eigenvalue weighted by molar-refractivity contribution is 9.10. The molecule has 3 nitrogen and oxygen atoms in total. The smallest absolute Gasteiger partial charge is 0.418 e. The van der Waals surface area contributed by atoms with Crippen LogP contribution in [0.5, 0.6) is 0 Å². The zero-order valence-electron chi connectivity index (χ0n) is 9.67. The first-order valence-electron chi connectivity index (χ1n) is 5.22. The van der Waals surface area contributed by atoms with Crippen molar-refractivity contribution in [2.45, 2.75) is 18.6 Å². The molecule has 19 heavy (non-hydrogen) atoms. The van der Waals surface area contributed by atoms with Gasteiger partial charge in [-0.2, -0.15) is 13.2 Å².